The van der Waals surface area contributed by atoms with Crippen molar-refractivity contribution in [1.29, 1.82) is 0 Å². The summed E-state index contributed by atoms with van der Waals surface area (Å²) in [7, 11) is -2.75. The Morgan fingerprint density at radius 2 is 0.975 bits per heavy atom. The van der Waals surface area contributed by atoms with E-state index < -0.39 is 24.7 Å². The monoisotopic (exact) mass is 584 g/mol. The molecule has 212 valence electrons. The van der Waals surface area contributed by atoms with Crippen molar-refractivity contribution in [2.24, 2.45) is 0 Å². The first-order valence-corrected chi connectivity index (χ1v) is 22.8. The van der Waals surface area contributed by atoms with Crippen LogP contribution in [0, 0.1) is 27.7 Å². The molecule has 0 spiro atoms. The van der Waals surface area contributed by atoms with Crippen molar-refractivity contribution in [2.75, 3.05) is 0 Å². The molecule has 3 aromatic rings. The van der Waals surface area contributed by atoms with Crippen LogP contribution in [0.4, 0.5) is 0 Å². The van der Waals surface area contributed by atoms with E-state index in [1.165, 1.54) is 44.5 Å². The van der Waals surface area contributed by atoms with E-state index in [4.69, 9.17) is 0 Å². The van der Waals surface area contributed by atoms with Gasteiger partial charge in [-0.15, -0.1) is 0 Å². The predicted octanol–water partition coefficient (Wildman–Crippen LogP) is 9.20. The van der Waals surface area contributed by atoms with Gasteiger partial charge in [-0.05, 0) is 0 Å². The van der Waals surface area contributed by atoms with Gasteiger partial charge in [0.2, 0.25) is 0 Å². The van der Waals surface area contributed by atoms with Crippen LogP contribution in [0.2, 0.25) is 19.0 Å². The van der Waals surface area contributed by atoms with Gasteiger partial charge in [-0.2, -0.15) is 0 Å². The maximum atomic E-state index is 2.71. The molecule has 3 aromatic carbocycles. The molecular formula is C38H52SiTi. The van der Waals surface area contributed by atoms with E-state index in [-0.39, 0.29) is 3.34 Å². The Morgan fingerprint density at radius 1 is 0.575 bits per heavy atom. The summed E-state index contributed by atoms with van der Waals surface area (Å²) in [5, 5.41) is 13.0. The Kier molecular flexibility index (Phi) is 8.57. The molecule has 4 rings (SSSR count). The van der Waals surface area contributed by atoms with Crippen LogP contribution in [0.1, 0.15) is 74.9 Å². The molecule has 0 atom stereocenters. The third-order valence-corrected chi connectivity index (χ3v) is 25.7. The van der Waals surface area contributed by atoms with Gasteiger partial charge in [0.25, 0.3) is 0 Å². The van der Waals surface area contributed by atoms with Gasteiger partial charge in [-0.1, -0.05) is 0 Å². The standard InChI is InChI=1S/C35H43Si.3CH3.Ti/c1-11-30-19-31(12-2)21-32(20-30)36(33-15-13-22(3)17-24(33)5,34-16-14-23(4)18-25(34)6)35-28(9)26(7)27(8)29(35)10;;;;/h13-21H,11-12H2,1-10H3;3*1H3;. The Balaban J connectivity index is 2.46. The van der Waals surface area contributed by atoms with Crippen LogP contribution in [0.5, 0.6) is 0 Å². The van der Waals surface area contributed by atoms with E-state index in [0.717, 1.165) is 12.8 Å². The van der Waals surface area contributed by atoms with Crippen LogP contribution >= 0.6 is 0 Å². The summed E-state index contributed by atoms with van der Waals surface area (Å²) < 4.78 is 0.0541. The van der Waals surface area contributed by atoms with Crippen molar-refractivity contribution < 1.29 is 16.6 Å². The molecule has 0 saturated heterocycles. The van der Waals surface area contributed by atoms with E-state index in [0.29, 0.717) is 0 Å². The number of allylic oxidation sites excluding steroid dienone is 4. The van der Waals surface area contributed by atoms with Crippen molar-refractivity contribution in [3.05, 3.63) is 110 Å². The third kappa shape index (κ3) is 4.43. The topological polar surface area (TPSA) is 0 Å². The molecule has 0 amide bonds. The second-order valence-electron chi connectivity index (χ2n) is 13.6. The van der Waals surface area contributed by atoms with E-state index in [2.05, 4.69) is 140 Å². The maximum absolute atomic E-state index is 2.75. The van der Waals surface area contributed by atoms with Gasteiger partial charge in [-0.3, -0.25) is 0 Å². The SMILES string of the molecule is CCc1cc(CC)cc([Si](c2ccc(C)cc2C)(c2ccc(C)cc2C)[C]2([Ti]([CH3])([CH3])[CH3])C(C)=C(C)C(C)=C2C)c1. The Morgan fingerprint density at radius 3 is 1.30 bits per heavy atom. The van der Waals surface area contributed by atoms with Crippen molar-refractivity contribution in [2.45, 2.75) is 101 Å². The van der Waals surface area contributed by atoms with Gasteiger partial charge < -0.3 is 0 Å². The van der Waals surface area contributed by atoms with E-state index in [9.17, 15) is 0 Å². The van der Waals surface area contributed by atoms with Gasteiger partial charge in [0, 0.05) is 0 Å². The fourth-order valence-corrected chi connectivity index (χ4v) is 27.5. The van der Waals surface area contributed by atoms with Gasteiger partial charge in [0.05, 0.1) is 0 Å². The summed E-state index contributed by atoms with van der Waals surface area (Å²) in [5.41, 5.74) is 15.0. The van der Waals surface area contributed by atoms with Crippen molar-refractivity contribution in [1.82, 2.24) is 0 Å². The Bertz CT molecular complexity index is 1430. The molecule has 1 aliphatic rings. The molecule has 0 aromatic heterocycles. The molecule has 0 fully saturated rings. The van der Waals surface area contributed by atoms with Crippen LogP contribution in [-0.2, 0) is 29.4 Å². The minimum atomic E-state index is -2.75. The third-order valence-electron chi connectivity index (χ3n) is 10.4. The molecule has 1 aliphatic carbocycles. The second-order valence-corrected chi connectivity index (χ2v) is 26.5. The summed E-state index contributed by atoms with van der Waals surface area (Å²) in [4.78, 5) is 0. The summed E-state index contributed by atoms with van der Waals surface area (Å²) in [6.45, 7) is 23.8. The van der Waals surface area contributed by atoms with Crippen LogP contribution in [-0.4, -0.2) is 8.07 Å². The Labute approximate surface area is 250 Å². The molecule has 0 nitrogen and oxygen atoms in total. The number of benzene rings is 3. The van der Waals surface area contributed by atoms with E-state index >= 15 is 0 Å². The normalized spacial score (nSPS) is 15.8. The summed E-state index contributed by atoms with van der Waals surface area (Å²) >= 11 is -2.63. The molecule has 0 unspecified atom stereocenters. The molecule has 0 radical (unpaired) electrons. The molecule has 40 heavy (non-hydrogen) atoms. The van der Waals surface area contributed by atoms with Crippen LogP contribution in [0.15, 0.2) is 76.9 Å². The van der Waals surface area contributed by atoms with E-state index in [1.807, 2.05) is 0 Å². The fraction of sp³-hybridized carbons (Fsp3) is 0.421. The van der Waals surface area contributed by atoms with Gasteiger partial charge >= 0.3 is 252 Å². The quantitative estimate of drug-likeness (QED) is 0.192. The first-order valence-electron chi connectivity index (χ1n) is 15.3. The number of hydrogen-bond donors (Lipinski definition) is 0. The second kappa shape index (κ2) is 11.0. The van der Waals surface area contributed by atoms with Crippen LogP contribution in [0.3, 0.4) is 0 Å². The average molecular weight is 585 g/mol. The van der Waals surface area contributed by atoms with E-state index in [1.54, 1.807) is 26.7 Å². The molecule has 0 N–H and O–H groups in total. The first kappa shape index (κ1) is 31.0. The minimum absolute atomic E-state index is 0.0541. The van der Waals surface area contributed by atoms with Crippen LogP contribution in [0.25, 0.3) is 0 Å². The summed E-state index contributed by atoms with van der Waals surface area (Å²) in [5.74, 6) is 0. The van der Waals surface area contributed by atoms with Gasteiger partial charge in [-0.25, -0.2) is 0 Å². The summed E-state index contributed by atoms with van der Waals surface area (Å²) in [6.07, 6.45) is 2.13. The zero-order chi connectivity index (χ0) is 29.8. The first-order chi connectivity index (χ1) is 18.7. The Hall–Kier alpha value is -1.93. The van der Waals surface area contributed by atoms with Gasteiger partial charge in [0.15, 0.2) is 0 Å². The zero-order valence-electron chi connectivity index (χ0n) is 27.6. The zero-order valence-corrected chi connectivity index (χ0v) is 30.2. The molecular weight excluding hydrogens is 532 g/mol. The van der Waals surface area contributed by atoms with Crippen molar-refractivity contribution in [3.63, 3.8) is 0 Å². The van der Waals surface area contributed by atoms with Crippen molar-refractivity contribution >= 4 is 23.6 Å². The molecule has 0 bridgehead atoms. The molecule has 0 aliphatic heterocycles. The fourth-order valence-electron chi connectivity index (χ4n) is 8.59. The number of rotatable bonds is 7. The van der Waals surface area contributed by atoms with Gasteiger partial charge in [0.1, 0.15) is 0 Å². The van der Waals surface area contributed by atoms with Crippen molar-refractivity contribution in [3.8, 4) is 0 Å². The number of aryl methyl sites for hydroxylation is 6. The van der Waals surface area contributed by atoms with Crippen LogP contribution < -0.4 is 15.6 Å². The molecule has 2 heteroatoms. The average Bonchev–Trinajstić information content (AvgIpc) is 3.06. The number of hydrogen-bond acceptors (Lipinski definition) is 0. The summed E-state index contributed by atoms with van der Waals surface area (Å²) in [6, 6.07) is 22.6. The molecule has 0 heterocycles. The predicted molar refractivity (Wildman–Crippen MR) is 179 cm³/mol. The molecule has 0 saturated carbocycles.